The van der Waals surface area contributed by atoms with Crippen molar-refractivity contribution in [2.24, 2.45) is 23.7 Å². The van der Waals surface area contributed by atoms with Gasteiger partial charge in [-0.2, -0.15) is 26.3 Å². The van der Waals surface area contributed by atoms with Gasteiger partial charge in [0.15, 0.2) is 5.78 Å². The number of rotatable bonds is 15. The lowest BCUT2D eigenvalue weighted by molar-refractivity contribution is -0.144. The van der Waals surface area contributed by atoms with Crippen LogP contribution in [0, 0.1) is 43.3 Å². The first kappa shape index (κ1) is 42.7. The van der Waals surface area contributed by atoms with Gasteiger partial charge < -0.3 is 19.7 Å². The summed E-state index contributed by atoms with van der Waals surface area (Å²) in [5.74, 6) is -7.27. The summed E-state index contributed by atoms with van der Waals surface area (Å²) in [5, 5.41) is 2.52. The summed E-state index contributed by atoms with van der Waals surface area (Å²) in [6.45, 7) is 10.2. The van der Waals surface area contributed by atoms with Gasteiger partial charge in [0.05, 0.1) is 48.6 Å². The Morgan fingerprint density at radius 1 is 1.02 bits per heavy atom. The summed E-state index contributed by atoms with van der Waals surface area (Å²) in [6.07, 6.45) is -9.20. The molecule has 2 aliphatic rings. The predicted octanol–water partition coefficient (Wildman–Crippen LogP) is 8.48. The van der Waals surface area contributed by atoms with Gasteiger partial charge in [-0.15, -0.1) is 0 Å². The maximum atomic E-state index is 16.1. The Hall–Kier alpha value is -4.04. The van der Waals surface area contributed by atoms with E-state index < -0.39 is 76.8 Å². The first-order chi connectivity index (χ1) is 25.2. The van der Waals surface area contributed by atoms with Crippen molar-refractivity contribution in [1.29, 1.82) is 0 Å². The number of carbonyl (C=O) groups is 3. The SMILES string of the molecule is CCOC(=O)CC(NC(=O)C(CC(C)C)C1C=C(CCN2CC(COC)C2)C(C(F)(F)F)=CC1=O)c1cc(-c2c(C)cccc2C)cc(C(F)(F)F)c1F. The van der Waals surface area contributed by atoms with Gasteiger partial charge in [-0.1, -0.05) is 38.1 Å². The summed E-state index contributed by atoms with van der Waals surface area (Å²) < 4.78 is 112. The molecule has 2 aromatic carbocycles. The lowest BCUT2D eigenvalue weighted by atomic mass is 9.76. The van der Waals surface area contributed by atoms with Crippen molar-refractivity contribution in [3.8, 4) is 11.1 Å². The molecule has 2 aromatic rings. The largest absolute Gasteiger partial charge is 0.466 e. The number of hydrogen-bond donors (Lipinski definition) is 1. The third-order valence-electron chi connectivity index (χ3n) is 9.82. The maximum Gasteiger partial charge on any atom is 0.419 e. The Morgan fingerprint density at radius 2 is 1.67 bits per heavy atom. The monoisotopic (exact) mass is 768 g/mol. The third-order valence-corrected chi connectivity index (χ3v) is 9.82. The summed E-state index contributed by atoms with van der Waals surface area (Å²) in [6, 6.07) is 5.19. The molecule has 0 saturated carbocycles. The molecule has 54 heavy (non-hydrogen) atoms. The van der Waals surface area contributed by atoms with Gasteiger partial charge in [-0.3, -0.25) is 14.4 Å². The van der Waals surface area contributed by atoms with Crippen molar-refractivity contribution in [3.63, 3.8) is 0 Å². The molecule has 1 saturated heterocycles. The zero-order valence-electron chi connectivity index (χ0n) is 31.2. The Morgan fingerprint density at radius 3 is 2.22 bits per heavy atom. The molecule has 1 aliphatic carbocycles. The summed E-state index contributed by atoms with van der Waals surface area (Å²) in [5.41, 5.74) is -1.94. The molecule has 1 N–H and O–H groups in total. The summed E-state index contributed by atoms with van der Waals surface area (Å²) in [4.78, 5) is 42.5. The second kappa shape index (κ2) is 17.6. The van der Waals surface area contributed by atoms with Gasteiger partial charge in [-0.05, 0) is 85.6 Å². The van der Waals surface area contributed by atoms with Crippen molar-refractivity contribution in [2.75, 3.05) is 40.0 Å². The first-order valence-electron chi connectivity index (χ1n) is 17.9. The highest BCUT2D eigenvalue weighted by atomic mass is 19.4. The van der Waals surface area contributed by atoms with Gasteiger partial charge >= 0.3 is 18.3 Å². The topological polar surface area (TPSA) is 84.9 Å². The van der Waals surface area contributed by atoms with Crippen LogP contribution in [-0.2, 0) is 30.0 Å². The highest BCUT2D eigenvalue weighted by Gasteiger charge is 2.44. The average Bonchev–Trinajstić information content (AvgIpc) is 3.04. The van der Waals surface area contributed by atoms with E-state index in [0.29, 0.717) is 48.5 Å². The minimum absolute atomic E-state index is 0.00763. The van der Waals surface area contributed by atoms with E-state index in [2.05, 4.69) is 5.32 Å². The zero-order chi connectivity index (χ0) is 40.1. The molecular weight excluding hydrogens is 721 g/mol. The Kier molecular flexibility index (Phi) is 13.9. The van der Waals surface area contributed by atoms with E-state index in [1.165, 1.54) is 6.92 Å². The molecule has 1 amide bonds. The Balaban J connectivity index is 1.77. The van der Waals surface area contributed by atoms with Crippen molar-refractivity contribution >= 4 is 17.7 Å². The van der Waals surface area contributed by atoms with E-state index in [0.717, 1.165) is 12.1 Å². The summed E-state index contributed by atoms with van der Waals surface area (Å²) >= 11 is 0. The molecule has 0 aromatic heterocycles. The molecule has 3 atom stereocenters. The molecule has 3 unspecified atom stereocenters. The number of benzene rings is 2. The maximum absolute atomic E-state index is 16.1. The number of esters is 1. The number of likely N-dealkylation sites (tertiary alicyclic amines) is 1. The number of nitrogens with zero attached hydrogens (tertiary/aromatic N) is 1. The number of amides is 1. The number of nitrogens with one attached hydrogen (secondary N) is 1. The summed E-state index contributed by atoms with van der Waals surface area (Å²) in [7, 11) is 1.57. The van der Waals surface area contributed by atoms with Crippen LogP contribution in [0.4, 0.5) is 30.7 Å². The lowest BCUT2D eigenvalue weighted by Gasteiger charge is -2.39. The van der Waals surface area contributed by atoms with Gasteiger partial charge in [-0.25, -0.2) is 4.39 Å². The number of methoxy groups -OCH3 is 1. The van der Waals surface area contributed by atoms with Crippen LogP contribution in [0.15, 0.2) is 53.6 Å². The highest BCUT2D eigenvalue weighted by molar-refractivity contribution is 5.99. The molecular formula is C40H47F7N2O5. The van der Waals surface area contributed by atoms with Crippen LogP contribution in [0.3, 0.4) is 0 Å². The fraction of sp³-hybridized carbons (Fsp3) is 0.525. The van der Waals surface area contributed by atoms with E-state index >= 15 is 4.39 Å². The molecule has 14 heteroatoms. The fourth-order valence-corrected chi connectivity index (χ4v) is 7.34. The molecule has 7 nitrogen and oxygen atoms in total. The predicted molar refractivity (Wildman–Crippen MR) is 189 cm³/mol. The van der Waals surface area contributed by atoms with E-state index in [1.807, 2.05) is 4.90 Å². The van der Waals surface area contributed by atoms with E-state index in [-0.39, 0.29) is 49.0 Å². The van der Waals surface area contributed by atoms with Crippen molar-refractivity contribution in [1.82, 2.24) is 10.2 Å². The number of hydrogen-bond acceptors (Lipinski definition) is 6. The van der Waals surface area contributed by atoms with Crippen LogP contribution < -0.4 is 5.32 Å². The van der Waals surface area contributed by atoms with Gasteiger partial charge in [0.1, 0.15) is 5.82 Å². The Bertz CT molecular complexity index is 1740. The minimum Gasteiger partial charge on any atom is -0.466 e. The molecule has 0 spiro atoms. The van der Waals surface area contributed by atoms with Crippen molar-refractivity contribution in [3.05, 3.63) is 81.7 Å². The molecule has 0 bridgehead atoms. The number of ether oxygens (including phenoxy) is 2. The van der Waals surface area contributed by atoms with Gasteiger partial charge in [0.2, 0.25) is 5.91 Å². The van der Waals surface area contributed by atoms with Crippen LogP contribution in [0.1, 0.15) is 68.3 Å². The molecule has 4 rings (SSSR count). The normalized spacial score (nSPS) is 18.2. The van der Waals surface area contributed by atoms with E-state index in [9.17, 15) is 40.7 Å². The second-order valence-electron chi connectivity index (χ2n) is 14.5. The number of carbonyl (C=O) groups excluding carboxylic acids is 3. The van der Waals surface area contributed by atoms with Crippen molar-refractivity contribution < 1.29 is 54.6 Å². The number of allylic oxidation sites excluding steroid dienone is 3. The molecule has 0 radical (unpaired) electrons. The average molecular weight is 769 g/mol. The van der Waals surface area contributed by atoms with Crippen LogP contribution in [-0.4, -0.2) is 68.7 Å². The minimum atomic E-state index is -5.16. The standard InChI is InChI=1S/C40H47F7N2O5/c1-7-54-35(51)18-33(30-15-27(16-32(37(30)41)40(45,46)47)36-23(4)9-8-10-24(36)5)48-38(52)29(13-22(2)3)28-14-26(31(17-34(28)50)39(42,43)44)11-12-49-19-25(20-49)21-53-6/h8-10,14-17,22,25,28-29,33H,7,11-13,18-21H2,1-6H3,(H,48,52). The van der Waals surface area contributed by atoms with Crippen molar-refractivity contribution in [2.45, 2.75) is 72.3 Å². The number of aryl methyl sites for hydroxylation is 2. The first-order valence-corrected chi connectivity index (χ1v) is 17.9. The van der Waals surface area contributed by atoms with E-state index in [4.69, 9.17) is 9.47 Å². The third kappa shape index (κ3) is 10.4. The fourth-order valence-electron chi connectivity index (χ4n) is 7.34. The quantitative estimate of drug-likeness (QED) is 0.145. The van der Waals surface area contributed by atoms with Crippen LogP contribution in [0.25, 0.3) is 11.1 Å². The Labute approximate surface area is 310 Å². The zero-order valence-corrected chi connectivity index (χ0v) is 31.2. The van der Waals surface area contributed by atoms with Gasteiger partial charge in [0, 0.05) is 38.2 Å². The second-order valence-corrected chi connectivity index (χ2v) is 14.5. The highest BCUT2D eigenvalue weighted by Crippen LogP contribution is 2.42. The molecule has 1 aliphatic heterocycles. The molecule has 1 fully saturated rings. The van der Waals surface area contributed by atoms with E-state index in [1.54, 1.807) is 53.0 Å². The number of ketones is 1. The van der Waals surface area contributed by atoms with Crippen LogP contribution in [0.5, 0.6) is 0 Å². The molecule has 296 valence electrons. The molecule has 1 heterocycles. The van der Waals surface area contributed by atoms with Crippen LogP contribution in [0.2, 0.25) is 0 Å². The van der Waals surface area contributed by atoms with Gasteiger partial charge in [0.25, 0.3) is 0 Å². The number of alkyl halides is 6. The number of halogens is 7. The van der Waals surface area contributed by atoms with Crippen LogP contribution >= 0.6 is 0 Å². The lowest BCUT2D eigenvalue weighted by Crippen LogP contribution is -2.49. The smallest absolute Gasteiger partial charge is 0.419 e.